The second kappa shape index (κ2) is 8.27. The van der Waals surface area contributed by atoms with Crippen molar-refractivity contribution in [2.45, 2.75) is 13.1 Å². The maximum absolute atomic E-state index is 13.1. The molecule has 0 radical (unpaired) electrons. The van der Waals surface area contributed by atoms with Gasteiger partial charge in [-0.3, -0.25) is 15.1 Å². The summed E-state index contributed by atoms with van der Waals surface area (Å²) in [6, 6.07) is 11.0. The van der Waals surface area contributed by atoms with Gasteiger partial charge in [0.15, 0.2) is 11.3 Å². The third kappa shape index (κ3) is 3.35. The third-order valence-electron chi connectivity index (χ3n) is 4.81. The van der Waals surface area contributed by atoms with Crippen LogP contribution in [0, 0.1) is 0 Å². The van der Waals surface area contributed by atoms with Crippen LogP contribution in [0.15, 0.2) is 46.5 Å². The van der Waals surface area contributed by atoms with Crippen molar-refractivity contribution in [1.82, 2.24) is 10.3 Å². The Kier molecular flexibility index (Phi) is 5.54. The summed E-state index contributed by atoms with van der Waals surface area (Å²) < 4.78 is 16.7. The number of rotatable bonds is 5. The lowest BCUT2D eigenvalue weighted by molar-refractivity contribution is -0.116. The van der Waals surface area contributed by atoms with E-state index in [1.807, 2.05) is 31.2 Å². The van der Waals surface area contributed by atoms with Gasteiger partial charge in [0.1, 0.15) is 22.9 Å². The minimum absolute atomic E-state index is 0.222. The van der Waals surface area contributed by atoms with Crippen LogP contribution >= 0.6 is 11.8 Å². The zero-order valence-corrected chi connectivity index (χ0v) is 17.9. The van der Waals surface area contributed by atoms with Crippen LogP contribution in [0.4, 0.5) is 0 Å². The molecule has 1 atom stereocenters. The number of hydrogen-bond donors (Lipinski definition) is 1. The fourth-order valence-electron chi connectivity index (χ4n) is 3.50. The normalized spacial score (nSPS) is 17.3. The molecule has 2 aromatic rings. The number of carbonyl (C=O) groups excluding carboxylic acids is 1. The molecule has 0 saturated heterocycles. The lowest BCUT2D eigenvalue weighted by Crippen LogP contribution is -2.50. The number of benzene rings is 2. The lowest BCUT2D eigenvalue weighted by atomic mass is 10.1. The number of nitrogens with one attached hydrogen (secondary N) is 1. The highest BCUT2D eigenvalue weighted by Gasteiger charge is 2.37. The first-order chi connectivity index (χ1) is 14.6. The summed E-state index contributed by atoms with van der Waals surface area (Å²) in [5, 5.41) is 11.2. The number of para-hydroxylation sites is 1. The van der Waals surface area contributed by atoms with Crippen molar-refractivity contribution in [3.05, 3.63) is 52.5 Å². The molecule has 9 heteroatoms. The predicted molar refractivity (Wildman–Crippen MR) is 115 cm³/mol. The van der Waals surface area contributed by atoms with Gasteiger partial charge in [0.25, 0.3) is 5.91 Å². The summed E-state index contributed by atoms with van der Waals surface area (Å²) in [7, 11) is 4.72. The number of nitrogens with zero attached hydrogens (tertiary/aromatic N) is 3. The molecule has 1 amide bonds. The average molecular weight is 426 g/mol. The number of hydrazone groups is 1. The topological polar surface area (TPSA) is 84.8 Å². The monoisotopic (exact) mass is 426 g/mol. The van der Waals surface area contributed by atoms with Crippen molar-refractivity contribution >= 4 is 28.5 Å². The van der Waals surface area contributed by atoms with E-state index in [0.29, 0.717) is 39.0 Å². The van der Waals surface area contributed by atoms with Crippen molar-refractivity contribution in [2.24, 2.45) is 10.1 Å². The van der Waals surface area contributed by atoms with Crippen LogP contribution in [0.25, 0.3) is 5.70 Å². The van der Waals surface area contributed by atoms with E-state index >= 15 is 0 Å². The molecular weight excluding hydrogens is 404 g/mol. The van der Waals surface area contributed by atoms with Gasteiger partial charge in [-0.2, -0.15) is 0 Å². The number of carbonyl (C=O) groups is 1. The summed E-state index contributed by atoms with van der Waals surface area (Å²) >= 11 is 1.46. The summed E-state index contributed by atoms with van der Waals surface area (Å²) in [5.41, 5.74) is 1.10. The van der Waals surface area contributed by atoms with Crippen molar-refractivity contribution in [3.63, 3.8) is 0 Å². The van der Waals surface area contributed by atoms with Crippen molar-refractivity contribution in [1.29, 1.82) is 0 Å². The van der Waals surface area contributed by atoms with Crippen LogP contribution in [0.2, 0.25) is 0 Å². The zero-order valence-electron chi connectivity index (χ0n) is 17.1. The Labute approximate surface area is 178 Å². The number of amidine groups is 1. The van der Waals surface area contributed by atoms with E-state index < -0.39 is 6.17 Å². The fraction of sp³-hybridized carbons (Fsp3) is 0.286. The third-order valence-corrected chi connectivity index (χ3v) is 5.55. The maximum atomic E-state index is 13.1. The van der Waals surface area contributed by atoms with Crippen LogP contribution in [0.3, 0.4) is 0 Å². The number of thioether (sulfide) groups is 1. The smallest absolute Gasteiger partial charge is 0.276 e. The lowest BCUT2D eigenvalue weighted by Gasteiger charge is -2.35. The summed E-state index contributed by atoms with van der Waals surface area (Å²) in [6.07, 6.45) is -0.649. The zero-order chi connectivity index (χ0) is 21.3. The Morgan fingerprint density at radius 2 is 1.80 bits per heavy atom. The highest BCUT2D eigenvalue weighted by atomic mass is 32.2. The van der Waals surface area contributed by atoms with Gasteiger partial charge in [0.05, 0.1) is 32.3 Å². The Morgan fingerprint density at radius 3 is 2.43 bits per heavy atom. The molecule has 2 aliphatic heterocycles. The fourth-order valence-corrected chi connectivity index (χ4v) is 4.09. The number of ether oxygens (including phenoxy) is 3. The molecule has 0 aromatic heterocycles. The van der Waals surface area contributed by atoms with Crippen LogP contribution in [0.5, 0.6) is 17.2 Å². The molecule has 30 heavy (non-hydrogen) atoms. The molecule has 0 aliphatic carbocycles. The number of amides is 1. The first-order valence-electron chi connectivity index (χ1n) is 9.40. The summed E-state index contributed by atoms with van der Waals surface area (Å²) in [6.45, 7) is 2.00. The van der Waals surface area contributed by atoms with E-state index in [1.54, 1.807) is 38.5 Å². The Morgan fingerprint density at radius 1 is 1.10 bits per heavy atom. The molecule has 0 spiro atoms. The van der Waals surface area contributed by atoms with Gasteiger partial charge in [-0.15, -0.1) is 5.10 Å². The number of hydrogen-bond acceptors (Lipinski definition) is 8. The Balaban J connectivity index is 2.00. The first-order valence-corrected chi connectivity index (χ1v) is 10.4. The van der Waals surface area contributed by atoms with E-state index in [4.69, 9.17) is 24.3 Å². The van der Waals surface area contributed by atoms with Crippen LogP contribution in [0.1, 0.15) is 18.7 Å². The van der Waals surface area contributed by atoms with Crippen molar-refractivity contribution < 1.29 is 19.0 Å². The summed E-state index contributed by atoms with van der Waals surface area (Å²) in [4.78, 5) is 18.0. The van der Waals surface area contributed by atoms with Gasteiger partial charge >= 0.3 is 0 Å². The SMILES string of the molecule is CCSC1=NN2C(=c3ccccc3=NC2c2c(OC)cc(OC)cc2OC)C(=O)N1. The molecule has 1 N–H and O–H groups in total. The van der Waals surface area contributed by atoms with Gasteiger partial charge in [0.2, 0.25) is 0 Å². The van der Waals surface area contributed by atoms with Gasteiger partial charge in [0, 0.05) is 17.4 Å². The highest BCUT2D eigenvalue weighted by Crippen LogP contribution is 2.43. The quantitative estimate of drug-likeness (QED) is 0.782. The minimum Gasteiger partial charge on any atom is -0.496 e. The van der Waals surface area contributed by atoms with Gasteiger partial charge in [-0.05, 0) is 11.8 Å². The predicted octanol–water partition coefficient (Wildman–Crippen LogP) is 1.61. The van der Waals surface area contributed by atoms with E-state index in [1.165, 1.54) is 11.8 Å². The van der Waals surface area contributed by atoms with Crippen LogP contribution in [-0.4, -0.2) is 43.2 Å². The molecule has 0 bridgehead atoms. The largest absolute Gasteiger partial charge is 0.496 e. The maximum Gasteiger partial charge on any atom is 0.276 e. The molecule has 156 valence electrons. The van der Waals surface area contributed by atoms with Gasteiger partial charge in [-0.1, -0.05) is 36.9 Å². The molecule has 2 aliphatic rings. The molecular formula is C21H22N4O4S. The van der Waals surface area contributed by atoms with Gasteiger partial charge < -0.3 is 14.2 Å². The Hall–Kier alpha value is -3.20. The second-order valence-corrected chi connectivity index (χ2v) is 7.70. The first kappa shape index (κ1) is 20.1. The van der Waals surface area contributed by atoms with Gasteiger partial charge in [-0.25, -0.2) is 5.01 Å². The van der Waals surface area contributed by atoms with Crippen LogP contribution in [-0.2, 0) is 4.79 Å². The van der Waals surface area contributed by atoms with E-state index in [-0.39, 0.29) is 5.91 Å². The molecule has 8 nitrogen and oxygen atoms in total. The van der Waals surface area contributed by atoms with Crippen molar-refractivity contribution in [3.8, 4) is 17.2 Å². The molecule has 2 aromatic carbocycles. The molecule has 4 rings (SSSR count). The molecule has 2 heterocycles. The number of methoxy groups -OCH3 is 3. The Bertz CT molecular complexity index is 1120. The van der Waals surface area contributed by atoms with E-state index in [2.05, 4.69) is 5.32 Å². The van der Waals surface area contributed by atoms with E-state index in [9.17, 15) is 4.79 Å². The van der Waals surface area contributed by atoms with Crippen LogP contribution < -0.4 is 30.1 Å². The average Bonchev–Trinajstić information content (AvgIpc) is 2.77. The molecule has 0 fully saturated rings. The highest BCUT2D eigenvalue weighted by molar-refractivity contribution is 8.13. The summed E-state index contributed by atoms with van der Waals surface area (Å²) in [5.74, 6) is 2.21. The van der Waals surface area contributed by atoms with Crippen molar-refractivity contribution in [2.75, 3.05) is 27.1 Å². The number of fused-ring (bicyclic) bond motifs is 2. The molecule has 1 unspecified atom stereocenters. The van der Waals surface area contributed by atoms with E-state index in [0.717, 1.165) is 11.0 Å². The molecule has 0 saturated carbocycles. The second-order valence-electron chi connectivity index (χ2n) is 6.45. The standard InChI is InChI=1S/C21H22N4O4S/c1-5-30-21-23-20(26)18-13-8-6-7-9-14(13)22-19(25(18)24-21)17-15(28-3)10-12(27-2)11-16(17)29-4/h6-11,19H,5H2,1-4H3,(H,23,24,26). The minimum atomic E-state index is -0.649.